The molecule has 1 aliphatic carbocycles. The van der Waals surface area contributed by atoms with Gasteiger partial charge >= 0.3 is 0 Å². The molecule has 0 spiro atoms. The Morgan fingerprint density at radius 1 is 1.00 bits per heavy atom. The Balaban J connectivity index is 1.67. The number of hydrogen-bond acceptors (Lipinski definition) is 3. The van der Waals surface area contributed by atoms with Crippen LogP contribution in [-0.4, -0.2) is 57.6 Å². The van der Waals surface area contributed by atoms with Gasteiger partial charge in [-0.15, -0.1) is 0 Å². The zero-order valence-electron chi connectivity index (χ0n) is 16.2. The Bertz CT molecular complexity index is 890. The summed E-state index contributed by atoms with van der Waals surface area (Å²) in [6.07, 6.45) is 2.20. The molecule has 0 bridgehead atoms. The number of carbonyl (C=O) groups is 2. The molecule has 1 saturated heterocycles. The molecule has 6 heteroatoms. The molecule has 1 aliphatic heterocycles. The van der Waals surface area contributed by atoms with E-state index in [0.29, 0.717) is 32.1 Å². The molecule has 1 aromatic carbocycles. The van der Waals surface area contributed by atoms with Crippen molar-refractivity contribution in [1.82, 2.24) is 19.6 Å². The first kappa shape index (κ1) is 17.8. The van der Waals surface area contributed by atoms with E-state index < -0.39 is 0 Å². The van der Waals surface area contributed by atoms with Crippen LogP contribution in [0.3, 0.4) is 0 Å². The van der Waals surface area contributed by atoms with Gasteiger partial charge in [0.25, 0.3) is 5.91 Å². The maximum absolute atomic E-state index is 13.3. The van der Waals surface area contributed by atoms with Crippen molar-refractivity contribution >= 4 is 11.8 Å². The number of aryl methyl sites for hydroxylation is 1. The van der Waals surface area contributed by atoms with Gasteiger partial charge in [0.15, 0.2) is 0 Å². The fourth-order valence-corrected chi connectivity index (χ4v) is 3.85. The van der Waals surface area contributed by atoms with E-state index in [1.807, 2.05) is 34.7 Å². The molecule has 27 heavy (non-hydrogen) atoms. The lowest BCUT2D eigenvalue weighted by Crippen LogP contribution is -2.50. The fraction of sp³-hybridized carbons (Fsp3) is 0.476. The van der Waals surface area contributed by atoms with E-state index in [0.717, 1.165) is 41.0 Å². The van der Waals surface area contributed by atoms with Crippen LogP contribution >= 0.6 is 0 Å². The van der Waals surface area contributed by atoms with Crippen LogP contribution in [0.25, 0.3) is 5.69 Å². The van der Waals surface area contributed by atoms with E-state index in [4.69, 9.17) is 5.10 Å². The molecule has 2 fully saturated rings. The quantitative estimate of drug-likeness (QED) is 0.839. The van der Waals surface area contributed by atoms with E-state index >= 15 is 0 Å². The lowest BCUT2D eigenvalue weighted by atomic mass is 10.1. The SMILES string of the molecule is CC(=O)N1CCN(C(=O)c2c(C3CC3)nn(-c3ccccc3C)c2C)CC1. The summed E-state index contributed by atoms with van der Waals surface area (Å²) >= 11 is 0. The molecule has 2 amide bonds. The third-order valence-corrected chi connectivity index (χ3v) is 5.68. The van der Waals surface area contributed by atoms with Crippen molar-refractivity contribution in [2.45, 2.75) is 39.5 Å². The Labute approximate surface area is 159 Å². The van der Waals surface area contributed by atoms with E-state index in [1.165, 1.54) is 0 Å². The molecule has 1 aromatic heterocycles. The van der Waals surface area contributed by atoms with Gasteiger partial charge < -0.3 is 9.80 Å². The number of carbonyl (C=O) groups excluding carboxylic acids is 2. The minimum atomic E-state index is 0.0532. The maximum Gasteiger partial charge on any atom is 0.257 e. The average molecular weight is 366 g/mol. The third kappa shape index (κ3) is 3.24. The van der Waals surface area contributed by atoms with Gasteiger partial charge in [-0.05, 0) is 38.3 Å². The number of amides is 2. The highest BCUT2D eigenvalue weighted by Crippen LogP contribution is 2.42. The van der Waals surface area contributed by atoms with Crippen molar-refractivity contribution < 1.29 is 9.59 Å². The van der Waals surface area contributed by atoms with Gasteiger partial charge in [0, 0.05) is 39.0 Å². The van der Waals surface area contributed by atoms with Crippen molar-refractivity contribution in [1.29, 1.82) is 0 Å². The van der Waals surface area contributed by atoms with Crippen LogP contribution in [0, 0.1) is 13.8 Å². The average Bonchev–Trinajstić information content (AvgIpc) is 3.45. The zero-order valence-corrected chi connectivity index (χ0v) is 16.2. The summed E-state index contributed by atoms with van der Waals surface area (Å²) in [5.41, 5.74) is 4.77. The second kappa shape index (κ2) is 6.83. The summed E-state index contributed by atoms with van der Waals surface area (Å²) in [6, 6.07) is 8.13. The van der Waals surface area contributed by atoms with E-state index in [9.17, 15) is 9.59 Å². The first-order valence-corrected chi connectivity index (χ1v) is 9.67. The number of rotatable bonds is 3. The number of hydrogen-bond donors (Lipinski definition) is 0. The Hall–Kier alpha value is -2.63. The number of benzene rings is 1. The van der Waals surface area contributed by atoms with Gasteiger partial charge in [-0.2, -0.15) is 5.10 Å². The van der Waals surface area contributed by atoms with E-state index in [-0.39, 0.29) is 11.8 Å². The lowest BCUT2D eigenvalue weighted by molar-refractivity contribution is -0.130. The summed E-state index contributed by atoms with van der Waals surface area (Å²) in [7, 11) is 0. The lowest BCUT2D eigenvalue weighted by Gasteiger charge is -2.34. The number of piperazine rings is 1. The highest BCUT2D eigenvalue weighted by molar-refractivity contribution is 5.97. The van der Waals surface area contributed by atoms with Gasteiger partial charge in [0.05, 0.1) is 22.6 Å². The second-order valence-electron chi connectivity index (χ2n) is 7.62. The van der Waals surface area contributed by atoms with Crippen molar-refractivity contribution in [3.63, 3.8) is 0 Å². The Morgan fingerprint density at radius 2 is 1.63 bits per heavy atom. The zero-order chi connectivity index (χ0) is 19.1. The molecule has 4 rings (SSSR count). The van der Waals surface area contributed by atoms with Crippen LogP contribution in [0.15, 0.2) is 24.3 Å². The highest BCUT2D eigenvalue weighted by atomic mass is 16.2. The van der Waals surface area contributed by atoms with Crippen molar-refractivity contribution in [3.05, 3.63) is 46.8 Å². The largest absolute Gasteiger partial charge is 0.339 e. The van der Waals surface area contributed by atoms with Gasteiger partial charge in [0.2, 0.25) is 5.91 Å². The molecular formula is C21H26N4O2. The molecule has 0 unspecified atom stereocenters. The molecule has 1 saturated carbocycles. The summed E-state index contributed by atoms with van der Waals surface area (Å²) in [5.74, 6) is 0.521. The molecule has 0 radical (unpaired) electrons. The molecule has 0 N–H and O–H groups in total. The topological polar surface area (TPSA) is 58.4 Å². The number of aromatic nitrogens is 2. The summed E-state index contributed by atoms with van der Waals surface area (Å²) in [6.45, 7) is 8.00. The Kier molecular flexibility index (Phi) is 4.50. The molecule has 2 aliphatic rings. The van der Waals surface area contributed by atoms with Gasteiger partial charge in [0.1, 0.15) is 0 Å². The van der Waals surface area contributed by atoms with Crippen LogP contribution in [-0.2, 0) is 4.79 Å². The smallest absolute Gasteiger partial charge is 0.257 e. The molecule has 2 aromatic rings. The molecule has 2 heterocycles. The monoisotopic (exact) mass is 366 g/mol. The van der Waals surface area contributed by atoms with Crippen LogP contribution in [0.5, 0.6) is 0 Å². The molecule has 142 valence electrons. The highest BCUT2D eigenvalue weighted by Gasteiger charge is 2.36. The third-order valence-electron chi connectivity index (χ3n) is 5.68. The normalized spacial score (nSPS) is 17.3. The van der Waals surface area contributed by atoms with Gasteiger partial charge in [-0.1, -0.05) is 18.2 Å². The molecule has 6 nitrogen and oxygen atoms in total. The molecule has 0 atom stereocenters. The standard InChI is InChI=1S/C21H26N4O2/c1-14-6-4-5-7-18(14)25-15(2)19(20(22-25)17-8-9-17)21(27)24-12-10-23(11-13-24)16(3)26/h4-7,17H,8-13H2,1-3H3. The fourth-order valence-electron chi connectivity index (χ4n) is 3.85. The Morgan fingerprint density at radius 3 is 2.22 bits per heavy atom. The summed E-state index contributed by atoms with van der Waals surface area (Å²) in [5, 5.41) is 4.87. The molecular weight excluding hydrogens is 340 g/mol. The summed E-state index contributed by atoms with van der Waals surface area (Å²) < 4.78 is 1.93. The second-order valence-corrected chi connectivity index (χ2v) is 7.62. The van der Waals surface area contributed by atoms with Crippen LogP contribution in [0.2, 0.25) is 0 Å². The minimum absolute atomic E-state index is 0.0532. The van der Waals surface area contributed by atoms with E-state index in [2.05, 4.69) is 13.0 Å². The first-order chi connectivity index (χ1) is 13.0. The van der Waals surface area contributed by atoms with Crippen LogP contribution in [0.4, 0.5) is 0 Å². The van der Waals surface area contributed by atoms with Gasteiger partial charge in [-0.3, -0.25) is 9.59 Å². The van der Waals surface area contributed by atoms with Gasteiger partial charge in [-0.25, -0.2) is 4.68 Å². The van der Waals surface area contributed by atoms with Crippen molar-refractivity contribution in [3.8, 4) is 5.69 Å². The summed E-state index contributed by atoms with van der Waals surface area (Å²) in [4.78, 5) is 28.6. The van der Waals surface area contributed by atoms with Crippen LogP contribution in [0.1, 0.15) is 53.0 Å². The predicted molar refractivity (Wildman–Crippen MR) is 103 cm³/mol. The van der Waals surface area contributed by atoms with Crippen LogP contribution < -0.4 is 0 Å². The van der Waals surface area contributed by atoms with Crippen molar-refractivity contribution in [2.75, 3.05) is 26.2 Å². The number of para-hydroxylation sites is 1. The van der Waals surface area contributed by atoms with E-state index in [1.54, 1.807) is 11.8 Å². The minimum Gasteiger partial charge on any atom is -0.339 e. The first-order valence-electron chi connectivity index (χ1n) is 9.67. The maximum atomic E-state index is 13.3. The number of nitrogens with zero attached hydrogens (tertiary/aromatic N) is 4. The predicted octanol–water partition coefficient (Wildman–Crippen LogP) is 2.67. The van der Waals surface area contributed by atoms with Crippen molar-refractivity contribution in [2.24, 2.45) is 0 Å².